The highest BCUT2D eigenvalue weighted by atomic mass is 28.4. The van der Waals surface area contributed by atoms with Crippen LogP contribution >= 0.6 is 0 Å². The molecule has 1 aliphatic rings. The van der Waals surface area contributed by atoms with Crippen LogP contribution in [0.25, 0.3) is 0 Å². The molecular formula is C8H16O3Si. The minimum Gasteiger partial charge on any atom is -0.432 e. The van der Waals surface area contributed by atoms with E-state index in [1.165, 1.54) is 0 Å². The van der Waals surface area contributed by atoms with Gasteiger partial charge in [0, 0.05) is 5.54 Å². The van der Waals surface area contributed by atoms with Crippen LogP contribution in [0.2, 0.25) is 18.6 Å². The average molecular weight is 188 g/mol. The van der Waals surface area contributed by atoms with Crippen molar-refractivity contribution >= 4 is 8.32 Å². The van der Waals surface area contributed by atoms with E-state index in [1.54, 1.807) is 13.1 Å². The second-order valence-electron chi connectivity index (χ2n) is 3.90. The van der Waals surface area contributed by atoms with Gasteiger partial charge >= 0.3 is 0 Å². The lowest BCUT2D eigenvalue weighted by Crippen LogP contribution is -2.44. The van der Waals surface area contributed by atoms with E-state index in [0.29, 0.717) is 6.42 Å². The number of aliphatic hydroxyl groups is 2. The van der Waals surface area contributed by atoms with E-state index in [1.807, 2.05) is 12.2 Å². The van der Waals surface area contributed by atoms with Gasteiger partial charge in [-0.1, -0.05) is 12.2 Å². The van der Waals surface area contributed by atoms with Gasteiger partial charge in [-0.15, -0.1) is 0 Å². The fraction of sp³-hybridized carbons (Fsp3) is 0.750. The Bertz CT molecular complexity index is 185. The molecule has 0 unspecified atom stereocenters. The SMILES string of the molecule is C[Si](C)(O)[C@H]1C=CC[C@H](O)[C@@H]1O. The molecule has 0 saturated carbocycles. The van der Waals surface area contributed by atoms with E-state index in [0.717, 1.165) is 0 Å². The molecule has 0 aromatic heterocycles. The summed E-state index contributed by atoms with van der Waals surface area (Å²) in [7, 11) is -2.36. The Labute approximate surface area is 73.5 Å². The molecule has 0 spiro atoms. The Morgan fingerprint density at radius 3 is 2.33 bits per heavy atom. The first kappa shape index (κ1) is 9.92. The highest BCUT2D eigenvalue weighted by molar-refractivity contribution is 6.72. The van der Waals surface area contributed by atoms with Gasteiger partial charge in [0.15, 0.2) is 8.32 Å². The summed E-state index contributed by atoms with van der Waals surface area (Å²) in [5.74, 6) is 0. The Kier molecular flexibility index (Phi) is 2.73. The number of hydrogen-bond acceptors (Lipinski definition) is 3. The lowest BCUT2D eigenvalue weighted by atomic mass is 10.0. The van der Waals surface area contributed by atoms with Gasteiger partial charge < -0.3 is 15.0 Å². The lowest BCUT2D eigenvalue weighted by Gasteiger charge is -2.33. The molecule has 0 heterocycles. The fourth-order valence-electron chi connectivity index (χ4n) is 1.51. The van der Waals surface area contributed by atoms with E-state index in [-0.39, 0.29) is 5.54 Å². The molecule has 0 amide bonds. The summed E-state index contributed by atoms with van der Waals surface area (Å²) in [4.78, 5) is 9.75. The molecular weight excluding hydrogens is 172 g/mol. The molecule has 3 N–H and O–H groups in total. The van der Waals surface area contributed by atoms with Crippen molar-refractivity contribution in [3.8, 4) is 0 Å². The Balaban J connectivity index is 2.77. The quantitative estimate of drug-likeness (QED) is 0.408. The van der Waals surface area contributed by atoms with Gasteiger partial charge in [0.1, 0.15) is 0 Å². The van der Waals surface area contributed by atoms with Gasteiger partial charge in [-0.25, -0.2) is 0 Å². The van der Waals surface area contributed by atoms with Crippen LogP contribution in [0.15, 0.2) is 12.2 Å². The minimum atomic E-state index is -2.36. The summed E-state index contributed by atoms with van der Waals surface area (Å²) in [6.45, 7) is 3.53. The first-order chi connectivity index (χ1) is 5.43. The summed E-state index contributed by atoms with van der Waals surface area (Å²) >= 11 is 0. The zero-order valence-electron chi connectivity index (χ0n) is 7.44. The van der Waals surface area contributed by atoms with Crippen LogP contribution in [0.1, 0.15) is 6.42 Å². The van der Waals surface area contributed by atoms with Gasteiger partial charge in [0.2, 0.25) is 0 Å². The number of rotatable bonds is 1. The standard InChI is InChI=1S/C8H16O3Si/c1-12(2,11)7-5-3-4-6(9)8(7)10/h3,5-11H,4H2,1-2H3/t6-,7-,8-/m0/s1. The third kappa shape index (κ3) is 1.95. The smallest absolute Gasteiger partial charge is 0.191 e. The zero-order valence-corrected chi connectivity index (χ0v) is 8.44. The van der Waals surface area contributed by atoms with Gasteiger partial charge in [-0.05, 0) is 19.5 Å². The van der Waals surface area contributed by atoms with Gasteiger partial charge in [0.05, 0.1) is 12.2 Å². The van der Waals surface area contributed by atoms with Crippen molar-refractivity contribution in [1.82, 2.24) is 0 Å². The van der Waals surface area contributed by atoms with Crippen LogP contribution in [-0.2, 0) is 0 Å². The van der Waals surface area contributed by atoms with E-state index in [4.69, 9.17) is 0 Å². The number of aliphatic hydroxyl groups excluding tert-OH is 2. The molecule has 0 fully saturated rings. The highest BCUT2D eigenvalue weighted by Crippen LogP contribution is 2.31. The first-order valence-electron chi connectivity index (χ1n) is 4.18. The molecule has 4 heteroatoms. The topological polar surface area (TPSA) is 60.7 Å². The zero-order chi connectivity index (χ0) is 9.35. The second-order valence-corrected chi connectivity index (χ2v) is 7.88. The van der Waals surface area contributed by atoms with E-state index >= 15 is 0 Å². The van der Waals surface area contributed by atoms with Crippen molar-refractivity contribution in [3.63, 3.8) is 0 Å². The highest BCUT2D eigenvalue weighted by Gasteiger charge is 2.38. The van der Waals surface area contributed by atoms with Crippen molar-refractivity contribution in [2.24, 2.45) is 0 Å². The molecule has 70 valence electrons. The van der Waals surface area contributed by atoms with Gasteiger partial charge in [-0.2, -0.15) is 0 Å². The van der Waals surface area contributed by atoms with Crippen LogP contribution < -0.4 is 0 Å². The molecule has 3 atom stereocenters. The maximum atomic E-state index is 9.75. The van der Waals surface area contributed by atoms with Crippen LogP contribution in [0.4, 0.5) is 0 Å². The van der Waals surface area contributed by atoms with Crippen molar-refractivity contribution in [2.75, 3.05) is 0 Å². The predicted molar refractivity (Wildman–Crippen MR) is 49.2 cm³/mol. The van der Waals surface area contributed by atoms with Crippen molar-refractivity contribution in [2.45, 2.75) is 37.3 Å². The summed E-state index contributed by atoms with van der Waals surface area (Å²) in [6, 6.07) is 0. The number of hydrogen-bond donors (Lipinski definition) is 3. The van der Waals surface area contributed by atoms with E-state index < -0.39 is 20.5 Å². The molecule has 1 aliphatic carbocycles. The molecule has 0 radical (unpaired) electrons. The maximum Gasteiger partial charge on any atom is 0.191 e. The summed E-state index contributed by atoms with van der Waals surface area (Å²) in [5.41, 5.74) is -0.235. The molecule has 0 aromatic carbocycles. The molecule has 3 nitrogen and oxygen atoms in total. The summed E-state index contributed by atoms with van der Waals surface area (Å²) in [5, 5.41) is 18.9. The molecule has 1 rings (SSSR count). The summed E-state index contributed by atoms with van der Waals surface area (Å²) < 4.78 is 0. The van der Waals surface area contributed by atoms with Crippen molar-refractivity contribution in [1.29, 1.82) is 0 Å². The monoisotopic (exact) mass is 188 g/mol. The molecule has 0 aliphatic heterocycles. The Hall–Kier alpha value is -0.163. The molecule has 0 bridgehead atoms. The van der Waals surface area contributed by atoms with Crippen LogP contribution in [0.5, 0.6) is 0 Å². The normalized spacial score (nSPS) is 36.9. The second kappa shape index (κ2) is 3.30. The lowest BCUT2D eigenvalue weighted by molar-refractivity contribution is 0.0161. The van der Waals surface area contributed by atoms with Crippen molar-refractivity contribution in [3.05, 3.63) is 12.2 Å². The Morgan fingerprint density at radius 2 is 1.92 bits per heavy atom. The van der Waals surface area contributed by atoms with Crippen LogP contribution in [0, 0.1) is 0 Å². The summed E-state index contributed by atoms with van der Waals surface area (Å²) in [6.07, 6.45) is 2.64. The van der Waals surface area contributed by atoms with E-state index in [9.17, 15) is 15.0 Å². The van der Waals surface area contributed by atoms with Gasteiger partial charge in [-0.3, -0.25) is 0 Å². The molecule has 0 saturated heterocycles. The average Bonchev–Trinajstić information content (AvgIpc) is 1.92. The van der Waals surface area contributed by atoms with Crippen molar-refractivity contribution < 1.29 is 15.0 Å². The Morgan fingerprint density at radius 1 is 1.33 bits per heavy atom. The fourth-order valence-corrected chi connectivity index (χ4v) is 3.18. The maximum absolute atomic E-state index is 9.75. The molecule has 0 aromatic rings. The third-order valence-electron chi connectivity index (χ3n) is 2.30. The van der Waals surface area contributed by atoms with Gasteiger partial charge in [0.25, 0.3) is 0 Å². The largest absolute Gasteiger partial charge is 0.432 e. The molecule has 12 heavy (non-hydrogen) atoms. The van der Waals surface area contributed by atoms with Crippen LogP contribution in [0.3, 0.4) is 0 Å². The van der Waals surface area contributed by atoms with Crippen LogP contribution in [-0.4, -0.2) is 35.5 Å². The predicted octanol–water partition coefficient (Wildman–Crippen LogP) is 0.236. The minimum absolute atomic E-state index is 0.235. The first-order valence-corrected chi connectivity index (χ1v) is 7.20. The third-order valence-corrected chi connectivity index (χ3v) is 4.46. The van der Waals surface area contributed by atoms with E-state index in [2.05, 4.69) is 0 Å².